The number of amides is 1. The first-order valence-electron chi connectivity index (χ1n) is 7.57. The number of hydrogen-bond acceptors (Lipinski definition) is 4. The van der Waals surface area contributed by atoms with Crippen LogP contribution < -0.4 is 10.6 Å². The van der Waals surface area contributed by atoms with Gasteiger partial charge in [-0.2, -0.15) is 0 Å². The molecule has 0 saturated carbocycles. The van der Waals surface area contributed by atoms with Gasteiger partial charge in [0.25, 0.3) is 0 Å². The van der Waals surface area contributed by atoms with Gasteiger partial charge in [0.05, 0.1) is 0 Å². The van der Waals surface area contributed by atoms with Gasteiger partial charge in [-0.25, -0.2) is 0 Å². The van der Waals surface area contributed by atoms with Gasteiger partial charge in [0, 0.05) is 6.42 Å². The monoisotopic (exact) mass is 279 g/mol. The zero-order chi connectivity index (χ0) is 14.5. The molecule has 1 aromatic rings. The fraction of sp³-hybridized carbons (Fsp3) is 0.733. The van der Waals surface area contributed by atoms with E-state index in [0.29, 0.717) is 24.0 Å². The van der Waals surface area contributed by atoms with Gasteiger partial charge in [0.1, 0.15) is 11.4 Å². The molecule has 2 N–H and O–H groups in total. The number of rotatable bonds is 5. The molecule has 1 fully saturated rings. The van der Waals surface area contributed by atoms with Gasteiger partial charge in [-0.05, 0) is 51.1 Å². The molecule has 0 unspecified atom stereocenters. The minimum Gasteiger partial charge on any atom is -0.359 e. The predicted molar refractivity (Wildman–Crippen MR) is 78.6 cm³/mol. The summed E-state index contributed by atoms with van der Waals surface area (Å²) in [5.41, 5.74) is 1.58. The Kier molecular flexibility index (Phi) is 5.17. The quantitative estimate of drug-likeness (QED) is 0.869. The third kappa shape index (κ3) is 3.60. The van der Waals surface area contributed by atoms with Crippen molar-refractivity contribution in [2.75, 3.05) is 18.4 Å². The summed E-state index contributed by atoms with van der Waals surface area (Å²) in [6.07, 6.45) is 3.74. The smallest absolute Gasteiger partial charge is 0.224 e. The van der Waals surface area contributed by atoms with Gasteiger partial charge in [0.2, 0.25) is 5.91 Å². The lowest BCUT2D eigenvalue weighted by molar-refractivity contribution is -0.117. The van der Waals surface area contributed by atoms with Crippen LogP contribution in [0.1, 0.15) is 44.6 Å². The summed E-state index contributed by atoms with van der Waals surface area (Å²) < 4.78 is 5.13. The van der Waals surface area contributed by atoms with E-state index < -0.39 is 0 Å². The van der Waals surface area contributed by atoms with E-state index in [1.807, 2.05) is 13.8 Å². The van der Waals surface area contributed by atoms with Crippen LogP contribution in [0.25, 0.3) is 0 Å². The van der Waals surface area contributed by atoms with Crippen LogP contribution in [0.3, 0.4) is 0 Å². The fourth-order valence-corrected chi connectivity index (χ4v) is 2.83. The number of anilines is 1. The lowest BCUT2D eigenvalue weighted by Crippen LogP contribution is -2.34. The van der Waals surface area contributed by atoms with Crippen LogP contribution in [0.15, 0.2) is 4.52 Å². The normalized spacial score (nSPS) is 20.6. The second-order valence-electron chi connectivity index (χ2n) is 5.75. The second kappa shape index (κ2) is 6.88. The first-order chi connectivity index (χ1) is 9.61. The molecule has 1 aliphatic rings. The zero-order valence-corrected chi connectivity index (χ0v) is 12.7. The highest BCUT2D eigenvalue weighted by Gasteiger charge is 2.23. The van der Waals surface area contributed by atoms with Gasteiger partial charge in [-0.15, -0.1) is 0 Å². The van der Waals surface area contributed by atoms with Crippen molar-refractivity contribution in [2.24, 2.45) is 11.8 Å². The molecule has 2 atom stereocenters. The minimum absolute atomic E-state index is 0.0593. The third-order valence-corrected chi connectivity index (χ3v) is 4.18. The van der Waals surface area contributed by atoms with Crippen molar-refractivity contribution in [3.8, 4) is 0 Å². The SMILES string of the molecule is CCc1noc(C)c1NC(=O)C[C@H](C)[C@H]1CCCNC1. The molecule has 0 aliphatic carbocycles. The highest BCUT2D eigenvalue weighted by atomic mass is 16.5. The van der Waals surface area contributed by atoms with E-state index in [2.05, 4.69) is 22.7 Å². The number of nitrogens with one attached hydrogen (secondary N) is 2. The van der Waals surface area contributed by atoms with Gasteiger partial charge >= 0.3 is 0 Å². The molecule has 1 aliphatic heterocycles. The summed E-state index contributed by atoms with van der Waals surface area (Å²) in [7, 11) is 0. The Balaban J connectivity index is 1.89. The highest BCUT2D eigenvalue weighted by molar-refractivity contribution is 5.91. The number of aryl methyl sites for hydroxylation is 2. The second-order valence-corrected chi connectivity index (χ2v) is 5.75. The van der Waals surface area contributed by atoms with Crippen LogP contribution in [-0.2, 0) is 11.2 Å². The van der Waals surface area contributed by atoms with E-state index in [4.69, 9.17) is 4.52 Å². The van der Waals surface area contributed by atoms with E-state index in [1.165, 1.54) is 12.8 Å². The lowest BCUT2D eigenvalue weighted by Gasteiger charge is -2.28. The molecular weight excluding hydrogens is 254 g/mol. The Morgan fingerprint density at radius 3 is 3.05 bits per heavy atom. The van der Waals surface area contributed by atoms with E-state index in [-0.39, 0.29) is 5.91 Å². The van der Waals surface area contributed by atoms with Gasteiger partial charge in [0.15, 0.2) is 5.76 Å². The van der Waals surface area contributed by atoms with Gasteiger partial charge < -0.3 is 15.2 Å². The number of aromatic nitrogens is 1. The molecule has 5 heteroatoms. The Morgan fingerprint density at radius 2 is 2.40 bits per heavy atom. The first kappa shape index (κ1) is 15.0. The lowest BCUT2D eigenvalue weighted by atomic mass is 9.85. The topological polar surface area (TPSA) is 67.2 Å². The number of piperidine rings is 1. The first-order valence-corrected chi connectivity index (χ1v) is 7.57. The van der Waals surface area contributed by atoms with Crippen LogP contribution in [0.5, 0.6) is 0 Å². The highest BCUT2D eigenvalue weighted by Crippen LogP contribution is 2.25. The molecule has 1 amide bonds. The molecular formula is C15H25N3O2. The largest absolute Gasteiger partial charge is 0.359 e. The van der Waals surface area contributed by atoms with Crippen molar-refractivity contribution in [3.63, 3.8) is 0 Å². The van der Waals surface area contributed by atoms with Crippen molar-refractivity contribution in [1.29, 1.82) is 0 Å². The van der Waals surface area contributed by atoms with Crippen LogP contribution in [0, 0.1) is 18.8 Å². The van der Waals surface area contributed by atoms with E-state index in [0.717, 1.165) is 30.9 Å². The van der Waals surface area contributed by atoms with E-state index >= 15 is 0 Å². The van der Waals surface area contributed by atoms with Crippen molar-refractivity contribution >= 4 is 11.6 Å². The Morgan fingerprint density at radius 1 is 1.60 bits per heavy atom. The zero-order valence-electron chi connectivity index (χ0n) is 12.7. The molecule has 20 heavy (non-hydrogen) atoms. The van der Waals surface area contributed by atoms with Crippen molar-refractivity contribution in [3.05, 3.63) is 11.5 Å². The molecule has 2 heterocycles. The molecule has 0 bridgehead atoms. The molecule has 0 aromatic carbocycles. The van der Waals surface area contributed by atoms with Crippen molar-refractivity contribution < 1.29 is 9.32 Å². The average Bonchev–Trinajstić information content (AvgIpc) is 2.80. The Labute approximate surface area is 120 Å². The number of carbonyl (C=O) groups excluding carboxylic acids is 1. The van der Waals surface area contributed by atoms with E-state index in [1.54, 1.807) is 0 Å². The molecule has 0 radical (unpaired) electrons. The molecule has 112 valence electrons. The van der Waals surface area contributed by atoms with Crippen LogP contribution in [-0.4, -0.2) is 24.2 Å². The number of hydrogen-bond donors (Lipinski definition) is 2. The maximum Gasteiger partial charge on any atom is 0.224 e. The third-order valence-electron chi connectivity index (χ3n) is 4.18. The maximum atomic E-state index is 12.2. The summed E-state index contributed by atoms with van der Waals surface area (Å²) >= 11 is 0. The van der Waals surface area contributed by atoms with Crippen LogP contribution in [0.2, 0.25) is 0 Å². The van der Waals surface area contributed by atoms with Crippen LogP contribution >= 0.6 is 0 Å². The minimum atomic E-state index is 0.0593. The van der Waals surface area contributed by atoms with Crippen LogP contribution in [0.4, 0.5) is 5.69 Å². The molecule has 5 nitrogen and oxygen atoms in total. The fourth-order valence-electron chi connectivity index (χ4n) is 2.83. The Bertz CT molecular complexity index is 450. The summed E-state index contributed by atoms with van der Waals surface area (Å²) in [4.78, 5) is 12.2. The molecule has 1 aromatic heterocycles. The number of carbonyl (C=O) groups is 1. The summed E-state index contributed by atoms with van der Waals surface area (Å²) in [6, 6.07) is 0. The number of nitrogens with zero attached hydrogens (tertiary/aromatic N) is 1. The standard InChI is InChI=1S/C15H25N3O2/c1-4-13-15(11(3)20-18-13)17-14(19)8-10(2)12-6-5-7-16-9-12/h10,12,16H,4-9H2,1-3H3,(H,17,19)/t10-,12-/m0/s1. The molecule has 1 saturated heterocycles. The average molecular weight is 279 g/mol. The molecule has 2 rings (SSSR count). The van der Waals surface area contributed by atoms with E-state index in [9.17, 15) is 4.79 Å². The van der Waals surface area contributed by atoms with Crippen molar-refractivity contribution in [2.45, 2.75) is 46.5 Å². The maximum absolute atomic E-state index is 12.2. The molecule has 0 spiro atoms. The van der Waals surface area contributed by atoms with Crippen molar-refractivity contribution in [1.82, 2.24) is 10.5 Å². The Hall–Kier alpha value is -1.36. The van der Waals surface area contributed by atoms with Gasteiger partial charge in [-0.3, -0.25) is 4.79 Å². The summed E-state index contributed by atoms with van der Waals surface area (Å²) in [6.45, 7) is 8.13. The van der Waals surface area contributed by atoms with Gasteiger partial charge in [-0.1, -0.05) is 19.0 Å². The summed E-state index contributed by atoms with van der Waals surface area (Å²) in [5.74, 6) is 1.74. The summed E-state index contributed by atoms with van der Waals surface area (Å²) in [5, 5.41) is 10.3. The predicted octanol–water partition coefficient (Wildman–Crippen LogP) is 2.51.